The summed E-state index contributed by atoms with van der Waals surface area (Å²) in [6.07, 6.45) is 0.453. The van der Waals surface area contributed by atoms with Crippen molar-refractivity contribution in [3.63, 3.8) is 0 Å². The van der Waals surface area contributed by atoms with E-state index in [1.165, 1.54) is 0 Å². The zero-order valence-electron chi connectivity index (χ0n) is 9.84. The van der Waals surface area contributed by atoms with E-state index in [1.54, 1.807) is 0 Å². The van der Waals surface area contributed by atoms with Crippen LogP contribution in [-0.4, -0.2) is 34.7 Å². The Morgan fingerprint density at radius 2 is 1.17 bits per heavy atom. The SMILES string of the molecule is CC.O=Cc1cc(C(=O)O)c(C=O)cc1C(=O)O. The van der Waals surface area contributed by atoms with Gasteiger partial charge >= 0.3 is 11.9 Å². The molecular formula is C12H12O6. The summed E-state index contributed by atoms with van der Waals surface area (Å²) >= 11 is 0. The van der Waals surface area contributed by atoms with Gasteiger partial charge in [-0.1, -0.05) is 13.8 Å². The molecule has 0 bridgehead atoms. The Labute approximate surface area is 103 Å². The van der Waals surface area contributed by atoms with Crippen molar-refractivity contribution in [1.82, 2.24) is 0 Å². The van der Waals surface area contributed by atoms with Crippen molar-refractivity contribution >= 4 is 24.5 Å². The van der Waals surface area contributed by atoms with Gasteiger partial charge in [0.25, 0.3) is 0 Å². The van der Waals surface area contributed by atoms with Gasteiger partial charge in [0.2, 0.25) is 0 Å². The number of benzene rings is 1. The Kier molecular flexibility index (Phi) is 5.98. The molecule has 0 aromatic heterocycles. The molecule has 1 aromatic rings. The highest BCUT2D eigenvalue weighted by molar-refractivity contribution is 6.04. The molecule has 0 aliphatic heterocycles. The van der Waals surface area contributed by atoms with E-state index in [4.69, 9.17) is 10.2 Å². The van der Waals surface area contributed by atoms with Crippen LogP contribution >= 0.6 is 0 Å². The highest BCUT2D eigenvalue weighted by Crippen LogP contribution is 2.15. The van der Waals surface area contributed by atoms with Gasteiger partial charge in [0.15, 0.2) is 12.6 Å². The first-order valence-corrected chi connectivity index (χ1v) is 5.06. The average Bonchev–Trinajstić information content (AvgIpc) is 2.39. The Morgan fingerprint density at radius 1 is 0.889 bits per heavy atom. The largest absolute Gasteiger partial charge is 0.478 e. The van der Waals surface area contributed by atoms with Crippen molar-refractivity contribution in [2.24, 2.45) is 0 Å². The molecule has 0 saturated carbocycles. The fourth-order valence-electron chi connectivity index (χ4n) is 1.20. The molecular weight excluding hydrogens is 240 g/mol. The Morgan fingerprint density at radius 3 is 1.33 bits per heavy atom. The van der Waals surface area contributed by atoms with Gasteiger partial charge in [-0.2, -0.15) is 0 Å². The van der Waals surface area contributed by atoms with Crippen molar-refractivity contribution in [2.45, 2.75) is 13.8 Å². The van der Waals surface area contributed by atoms with Crippen molar-refractivity contribution in [3.05, 3.63) is 34.4 Å². The molecule has 6 nitrogen and oxygen atoms in total. The van der Waals surface area contributed by atoms with Crippen LogP contribution in [0.3, 0.4) is 0 Å². The fraction of sp³-hybridized carbons (Fsp3) is 0.167. The molecule has 18 heavy (non-hydrogen) atoms. The van der Waals surface area contributed by atoms with Gasteiger partial charge in [0.05, 0.1) is 11.1 Å². The van der Waals surface area contributed by atoms with Crippen LogP contribution in [0.25, 0.3) is 0 Å². The number of hydrogen-bond donors (Lipinski definition) is 2. The molecule has 0 heterocycles. The molecule has 0 fully saturated rings. The number of carbonyl (C=O) groups excluding carboxylic acids is 2. The molecule has 1 aromatic carbocycles. The lowest BCUT2D eigenvalue weighted by atomic mass is 9.99. The predicted octanol–water partition coefficient (Wildman–Crippen LogP) is 1.73. The molecule has 0 atom stereocenters. The summed E-state index contributed by atoms with van der Waals surface area (Å²) in [6.45, 7) is 4.00. The number of aromatic carboxylic acids is 2. The smallest absolute Gasteiger partial charge is 0.336 e. The van der Waals surface area contributed by atoms with E-state index in [-0.39, 0.29) is 23.7 Å². The fourth-order valence-corrected chi connectivity index (χ4v) is 1.20. The van der Waals surface area contributed by atoms with Crippen LogP contribution in [0.15, 0.2) is 12.1 Å². The minimum atomic E-state index is -1.40. The van der Waals surface area contributed by atoms with Gasteiger partial charge in [0.1, 0.15) is 0 Å². The zero-order valence-corrected chi connectivity index (χ0v) is 9.84. The number of carbonyl (C=O) groups is 4. The molecule has 0 spiro atoms. The summed E-state index contributed by atoms with van der Waals surface area (Å²) in [6, 6.07) is 1.73. The van der Waals surface area contributed by atoms with Gasteiger partial charge in [0, 0.05) is 11.1 Å². The van der Waals surface area contributed by atoms with Crippen LogP contribution in [0, 0.1) is 0 Å². The second kappa shape index (κ2) is 6.95. The molecule has 0 aliphatic rings. The van der Waals surface area contributed by atoms with E-state index in [0.29, 0.717) is 0 Å². The van der Waals surface area contributed by atoms with Crippen molar-refractivity contribution in [3.8, 4) is 0 Å². The zero-order chi connectivity index (χ0) is 14.3. The normalized spacial score (nSPS) is 8.78. The quantitative estimate of drug-likeness (QED) is 0.790. The molecule has 0 unspecified atom stereocenters. The Hall–Kier alpha value is -2.50. The highest BCUT2D eigenvalue weighted by atomic mass is 16.4. The number of rotatable bonds is 4. The maximum atomic E-state index is 10.7. The van der Waals surface area contributed by atoms with E-state index >= 15 is 0 Å². The van der Waals surface area contributed by atoms with Gasteiger partial charge in [-0.05, 0) is 12.1 Å². The summed E-state index contributed by atoms with van der Waals surface area (Å²) in [5.41, 5.74) is -1.37. The lowest BCUT2D eigenvalue weighted by Gasteiger charge is -2.04. The van der Waals surface area contributed by atoms with Crippen molar-refractivity contribution in [2.75, 3.05) is 0 Å². The molecule has 0 saturated heterocycles. The van der Waals surface area contributed by atoms with Crippen LogP contribution < -0.4 is 0 Å². The van der Waals surface area contributed by atoms with Gasteiger partial charge < -0.3 is 10.2 Å². The van der Waals surface area contributed by atoms with Crippen LogP contribution in [-0.2, 0) is 0 Å². The number of aldehydes is 2. The lowest BCUT2D eigenvalue weighted by Crippen LogP contribution is -2.09. The summed E-state index contributed by atoms with van der Waals surface area (Å²) in [5.74, 6) is -2.80. The topological polar surface area (TPSA) is 109 Å². The van der Waals surface area contributed by atoms with Crippen LogP contribution in [0.2, 0.25) is 0 Å². The maximum absolute atomic E-state index is 10.7. The third kappa shape index (κ3) is 3.24. The second-order valence-corrected chi connectivity index (χ2v) is 2.87. The van der Waals surface area contributed by atoms with E-state index in [0.717, 1.165) is 12.1 Å². The van der Waals surface area contributed by atoms with Crippen molar-refractivity contribution in [1.29, 1.82) is 0 Å². The molecule has 1 rings (SSSR count). The second-order valence-electron chi connectivity index (χ2n) is 2.87. The molecule has 0 aliphatic carbocycles. The average molecular weight is 252 g/mol. The van der Waals surface area contributed by atoms with Crippen LogP contribution in [0.1, 0.15) is 55.3 Å². The molecule has 2 N–H and O–H groups in total. The maximum Gasteiger partial charge on any atom is 0.336 e. The monoisotopic (exact) mass is 252 g/mol. The number of carboxylic acid groups (broad SMARTS) is 2. The highest BCUT2D eigenvalue weighted by Gasteiger charge is 2.17. The molecule has 96 valence electrons. The Balaban J connectivity index is 0.00000137. The summed E-state index contributed by atoms with van der Waals surface area (Å²) in [7, 11) is 0. The van der Waals surface area contributed by atoms with Gasteiger partial charge in [-0.25, -0.2) is 9.59 Å². The van der Waals surface area contributed by atoms with E-state index in [1.807, 2.05) is 13.8 Å². The first kappa shape index (κ1) is 15.5. The van der Waals surface area contributed by atoms with Gasteiger partial charge in [-0.3, -0.25) is 9.59 Å². The van der Waals surface area contributed by atoms with Gasteiger partial charge in [-0.15, -0.1) is 0 Å². The van der Waals surface area contributed by atoms with E-state index in [2.05, 4.69) is 0 Å². The van der Waals surface area contributed by atoms with E-state index in [9.17, 15) is 19.2 Å². The number of hydrogen-bond acceptors (Lipinski definition) is 4. The van der Waals surface area contributed by atoms with Crippen LogP contribution in [0.4, 0.5) is 0 Å². The minimum Gasteiger partial charge on any atom is -0.478 e. The summed E-state index contributed by atoms with van der Waals surface area (Å²) in [4.78, 5) is 42.5. The van der Waals surface area contributed by atoms with Crippen LogP contribution in [0.5, 0.6) is 0 Å². The lowest BCUT2D eigenvalue weighted by molar-refractivity contribution is 0.0678. The van der Waals surface area contributed by atoms with E-state index < -0.39 is 23.1 Å². The summed E-state index contributed by atoms with van der Waals surface area (Å²) < 4.78 is 0. The molecule has 0 amide bonds. The predicted molar refractivity (Wildman–Crippen MR) is 62.5 cm³/mol. The Bertz CT molecular complexity index is 444. The third-order valence-corrected chi connectivity index (χ3v) is 1.94. The standard InChI is InChI=1S/C10H6O6.C2H6/c11-3-5-1-7(9(13)14)6(4-12)2-8(5)10(15)16;1-2/h1-4H,(H,13,14)(H,15,16);1-2H3. The van der Waals surface area contributed by atoms with Crippen molar-refractivity contribution < 1.29 is 29.4 Å². The minimum absolute atomic E-state index is 0.227. The molecule has 0 radical (unpaired) electrons. The third-order valence-electron chi connectivity index (χ3n) is 1.94. The summed E-state index contributed by atoms with van der Waals surface area (Å²) in [5, 5.41) is 17.4. The first-order chi connectivity index (χ1) is 8.51. The first-order valence-electron chi connectivity index (χ1n) is 5.06. The number of carboxylic acids is 2. The molecule has 6 heteroatoms.